The van der Waals surface area contributed by atoms with E-state index in [-0.39, 0.29) is 0 Å². The van der Waals surface area contributed by atoms with Gasteiger partial charge in [-0.05, 0) is 41.5 Å². The molecule has 20 heavy (non-hydrogen) atoms. The Morgan fingerprint density at radius 1 is 0.900 bits per heavy atom. The molecule has 2 rings (SSSR count). The van der Waals surface area contributed by atoms with E-state index in [2.05, 4.69) is 76.2 Å². The summed E-state index contributed by atoms with van der Waals surface area (Å²) in [5.74, 6) is 0.553. The second-order valence-corrected chi connectivity index (χ2v) is 6.03. The van der Waals surface area contributed by atoms with Crippen LogP contribution in [0.1, 0.15) is 55.9 Å². The molecule has 0 aliphatic carbocycles. The summed E-state index contributed by atoms with van der Waals surface area (Å²) < 4.78 is 0. The normalized spacial score (nSPS) is 14.3. The van der Waals surface area contributed by atoms with Crippen molar-refractivity contribution in [3.05, 3.63) is 70.8 Å². The van der Waals surface area contributed by atoms with E-state index in [4.69, 9.17) is 5.73 Å². The van der Waals surface area contributed by atoms with Crippen LogP contribution in [0.4, 0.5) is 0 Å². The third-order valence-electron chi connectivity index (χ3n) is 4.14. The van der Waals surface area contributed by atoms with Crippen molar-refractivity contribution in [3.8, 4) is 0 Å². The maximum atomic E-state index is 6.58. The van der Waals surface area contributed by atoms with Crippen molar-refractivity contribution >= 4 is 0 Å². The van der Waals surface area contributed by atoms with Gasteiger partial charge in [0.2, 0.25) is 0 Å². The van der Waals surface area contributed by atoms with Crippen molar-refractivity contribution in [2.45, 2.75) is 45.6 Å². The lowest BCUT2D eigenvalue weighted by molar-refractivity contribution is 0.602. The minimum absolute atomic E-state index is 0.443. The zero-order chi connectivity index (χ0) is 14.8. The molecule has 1 nitrogen and oxygen atoms in total. The average Bonchev–Trinajstić information content (AvgIpc) is 2.47. The molecule has 2 aromatic rings. The van der Waals surface area contributed by atoms with Gasteiger partial charge in [-0.3, -0.25) is 0 Å². The van der Waals surface area contributed by atoms with E-state index >= 15 is 0 Å². The zero-order valence-corrected chi connectivity index (χ0v) is 13.0. The lowest BCUT2D eigenvalue weighted by Crippen LogP contribution is -2.34. The molecule has 106 valence electrons. The van der Waals surface area contributed by atoms with Gasteiger partial charge in [0.25, 0.3) is 0 Å². The Balaban J connectivity index is 2.32. The van der Waals surface area contributed by atoms with Gasteiger partial charge in [-0.15, -0.1) is 0 Å². The maximum absolute atomic E-state index is 6.58. The van der Waals surface area contributed by atoms with Crippen molar-refractivity contribution in [2.24, 2.45) is 5.73 Å². The molecule has 0 aliphatic heterocycles. The van der Waals surface area contributed by atoms with Crippen LogP contribution in [-0.2, 0) is 12.0 Å². The first kappa shape index (κ1) is 14.8. The molecule has 0 saturated heterocycles. The second kappa shape index (κ2) is 5.80. The van der Waals surface area contributed by atoms with E-state index in [9.17, 15) is 0 Å². The maximum Gasteiger partial charge on any atom is 0.0636 e. The predicted octanol–water partition coefficient (Wildman–Crippen LogP) is 4.59. The van der Waals surface area contributed by atoms with Crippen LogP contribution >= 0.6 is 0 Å². The summed E-state index contributed by atoms with van der Waals surface area (Å²) in [7, 11) is 0. The van der Waals surface area contributed by atoms with Crippen LogP contribution in [0.3, 0.4) is 0 Å². The molecular formula is C19H25N. The third-order valence-corrected chi connectivity index (χ3v) is 4.14. The Labute approximate surface area is 122 Å². The van der Waals surface area contributed by atoms with E-state index in [1.165, 1.54) is 11.1 Å². The topological polar surface area (TPSA) is 26.0 Å². The summed E-state index contributed by atoms with van der Waals surface area (Å²) in [6, 6.07) is 17.3. The number of benzene rings is 2. The average molecular weight is 267 g/mol. The van der Waals surface area contributed by atoms with Gasteiger partial charge in [0, 0.05) is 0 Å². The molecular weight excluding hydrogens is 242 g/mol. The summed E-state index contributed by atoms with van der Waals surface area (Å²) in [5, 5.41) is 0. The van der Waals surface area contributed by atoms with Crippen LogP contribution in [0.25, 0.3) is 0 Å². The Morgan fingerprint density at radius 3 is 1.75 bits per heavy atom. The Kier molecular flexibility index (Phi) is 4.29. The minimum Gasteiger partial charge on any atom is -0.318 e. The highest BCUT2D eigenvalue weighted by atomic mass is 14.7. The molecule has 0 aliphatic rings. The fraction of sp³-hybridized carbons (Fsp3) is 0.368. The number of rotatable bonds is 4. The molecule has 1 atom stereocenters. The summed E-state index contributed by atoms with van der Waals surface area (Å²) in [6.45, 7) is 8.67. The standard InChI is InChI=1S/C19H25N/c1-5-15-6-10-17(11-7-15)19(4,20)18-12-8-16(9-13-18)14(2)3/h6-14H,5,20H2,1-4H3. The lowest BCUT2D eigenvalue weighted by Gasteiger charge is -2.26. The number of hydrogen-bond acceptors (Lipinski definition) is 1. The van der Waals surface area contributed by atoms with Gasteiger partial charge in [-0.25, -0.2) is 0 Å². The van der Waals surface area contributed by atoms with Crippen LogP contribution in [0.15, 0.2) is 48.5 Å². The highest BCUT2D eigenvalue weighted by Crippen LogP contribution is 2.28. The zero-order valence-electron chi connectivity index (χ0n) is 13.0. The highest BCUT2D eigenvalue weighted by molar-refractivity contribution is 5.39. The Bertz CT molecular complexity index is 547. The smallest absolute Gasteiger partial charge is 0.0636 e. The summed E-state index contributed by atoms with van der Waals surface area (Å²) >= 11 is 0. The van der Waals surface area contributed by atoms with Gasteiger partial charge in [-0.1, -0.05) is 69.3 Å². The molecule has 0 radical (unpaired) electrons. The molecule has 0 saturated carbocycles. The van der Waals surface area contributed by atoms with E-state index in [0.29, 0.717) is 5.92 Å². The second-order valence-electron chi connectivity index (χ2n) is 6.03. The largest absolute Gasteiger partial charge is 0.318 e. The predicted molar refractivity (Wildman–Crippen MR) is 87.0 cm³/mol. The fourth-order valence-corrected chi connectivity index (χ4v) is 2.47. The summed E-state index contributed by atoms with van der Waals surface area (Å²) in [4.78, 5) is 0. The third kappa shape index (κ3) is 2.94. The molecule has 2 N–H and O–H groups in total. The van der Waals surface area contributed by atoms with Gasteiger partial charge in [0.1, 0.15) is 0 Å². The van der Waals surface area contributed by atoms with Crippen molar-refractivity contribution in [1.82, 2.24) is 0 Å². The molecule has 2 aromatic carbocycles. The minimum atomic E-state index is -0.443. The van der Waals surface area contributed by atoms with E-state index < -0.39 is 5.54 Å². The first-order valence-electron chi connectivity index (χ1n) is 7.44. The van der Waals surface area contributed by atoms with Crippen molar-refractivity contribution in [3.63, 3.8) is 0 Å². The molecule has 0 spiro atoms. The van der Waals surface area contributed by atoms with Crippen molar-refractivity contribution in [1.29, 1.82) is 0 Å². The van der Waals surface area contributed by atoms with Gasteiger partial charge >= 0.3 is 0 Å². The van der Waals surface area contributed by atoms with Crippen LogP contribution in [0, 0.1) is 0 Å². The highest BCUT2D eigenvalue weighted by Gasteiger charge is 2.23. The van der Waals surface area contributed by atoms with Crippen molar-refractivity contribution in [2.75, 3.05) is 0 Å². The molecule has 0 heterocycles. The lowest BCUT2D eigenvalue weighted by atomic mass is 9.84. The van der Waals surface area contributed by atoms with Crippen LogP contribution in [0.5, 0.6) is 0 Å². The van der Waals surface area contributed by atoms with Gasteiger partial charge in [0.05, 0.1) is 5.54 Å². The Hall–Kier alpha value is -1.60. The number of aryl methyl sites for hydroxylation is 1. The molecule has 0 bridgehead atoms. The fourth-order valence-electron chi connectivity index (χ4n) is 2.47. The first-order chi connectivity index (χ1) is 9.45. The monoisotopic (exact) mass is 267 g/mol. The van der Waals surface area contributed by atoms with E-state index in [1.807, 2.05) is 0 Å². The molecule has 0 fully saturated rings. The molecule has 0 amide bonds. The molecule has 1 heteroatoms. The van der Waals surface area contributed by atoms with Crippen LogP contribution < -0.4 is 5.73 Å². The van der Waals surface area contributed by atoms with E-state index in [1.54, 1.807) is 0 Å². The van der Waals surface area contributed by atoms with E-state index in [0.717, 1.165) is 17.5 Å². The molecule has 1 unspecified atom stereocenters. The van der Waals surface area contributed by atoms with Gasteiger partial charge in [0.15, 0.2) is 0 Å². The quantitative estimate of drug-likeness (QED) is 0.861. The van der Waals surface area contributed by atoms with Gasteiger partial charge in [-0.2, -0.15) is 0 Å². The SMILES string of the molecule is CCc1ccc(C(C)(N)c2ccc(C(C)C)cc2)cc1. The van der Waals surface area contributed by atoms with Crippen LogP contribution in [-0.4, -0.2) is 0 Å². The Morgan fingerprint density at radius 2 is 1.35 bits per heavy atom. The van der Waals surface area contributed by atoms with Crippen molar-refractivity contribution < 1.29 is 0 Å². The summed E-state index contributed by atoms with van der Waals surface area (Å²) in [5.41, 5.74) is 11.2. The number of nitrogens with two attached hydrogens (primary N) is 1. The van der Waals surface area contributed by atoms with Gasteiger partial charge < -0.3 is 5.73 Å². The first-order valence-corrected chi connectivity index (χ1v) is 7.44. The van der Waals surface area contributed by atoms with Crippen LogP contribution in [0.2, 0.25) is 0 Å². The molecule has 0 aromatic heterocycles. The summed E-state index contributed by atoms with van der Waals surface area (Å²) in [6.07, 6.45) is 1.06. The number of hydrogen-bond donors (Lipinski definition) is 1.